The zero-order valence-corrected chi connectivity index (χ0v) is 11.7. The number of aromatic nitrogens is 2. The van der Waals surface area contributed by atoms with E-state index in [0.29, 0.717) is 24.4 Å². The first kappa shape index (κ1) is 13.6. The van der Waals surface area contributed by atoms with Gasteiger partial charge >= 0.3 is 6.09 Å². The van der Waals surface area contributed by atoms with Crippen LogP contribution in [0.15, 0.2) is 4.79 Å². The molecule has 0 spiro atoms. The molecule has 0 atom stereocenters. The Labute approximate surface area is 111 Å². The third-order valence-electron chi connectivity index (χ3n) is 3.34. The molecule has 1 amide bonds. The molecule has 1 aromatic heterocycles. The lowest BCUT2D eigenvalue weighted by molar-refractivity contribution is 0.139. The number of carbonyl (C=O) groups is 1. The molecule has 0 radical (unpaired) electrons. The molecule has 0 aliphatic carbocycles. The Bertz CT molecular complexity index is 584. The van der Waals surface area contributed by atoms with E-state index in [2.05, 4.69) is 4.98 Å². The largest absolute Gasteiger partial charge is 0.465 e. The minimum Gasteiger partial charge on any atom is -0.465 e. The maximum atomic E-state index is 12.6. The van der Waals surface area contributed by atoms with Crippen LogP contribution in [0.1, 0.15) is 37.9 Å². The third kappa shape index (κ3) is 2.34. The summed E-state index contributed by atoms with van der Waals surface area (Å²) < 4.78 is 1.64. The number of rotatable bonds is 0. The van der Waals surface area contributed by atoms with Gasteiger partial charge in [0.05, 0.1) is 17.8 Å². The van der Waals surface area contributed by atoms with Crippen LogP contribution in [0.5, 0.6) is 0 Å². The van der Waals surface area contributed by atoms with Crippen molar-refractivity contribution in [1.82, 2.24) is 14.5 Å². The number of fused-ring (bicyclic) bond motifs is 1. The molecule has 0 unspecified atom stereocenters. The van der Waals surface area contributed by atoms with Crippen molar-refractivity contribution in [3.8, 4) is 0 Å². The minimum atomic E-state index is -0.993. The summed E-state index contributed by atoms with van der Waals surface area (Å²) in [5.74, 6) is 0.681. The van der Waals surface area contributed by atoms with Crippen LogP contribution in [-0.2, 0) is 18.5 Å². The van der Waals surface area contributed by atoms with E-state index in [1.807, 2.05) is 27.7 Å². The van der Waals surface area contributed by atoms with Gasteiger partial charge in [-0.15, -0.1) is 0 Å². The molecule has 0 aromatic carbocycles. The quantitative estimate of drug-likeness (QED) is 0.768. The predicted octanol–water partition coefficient (Wildman–Crippen LogP) is 1.34. The molecule has 6 heteroatoms. The first-order chi connectivity index (χ1) is 8.71. The summed E-state index contributed by atoms with van der Waals surface area (Å²) in [6.07, 6.45) is -0.490. The average Bonchev–Trinajstić information content (AvgIpc) is 2.26. The van der Waals surface area contributed by atoms with Crippen molar-refractivity contribution < 1.29 is 9.90 Å². The molecule has 0 saturated heterocycles. The third-order valence-corrected chi connectivity index (χ3v) is 3.34. The van der Waals surface area contributed by atoms with Crippen molar-refractivity contribution in [2.75, 3.05) is 6.54 Å². The summed E-state index contributed by atoms with van der Waals surface area (Å²) in [5.41, 5.74) is 0.755. The summed E-state index contributed by atoms with van der Waals surface area (Å²) in [6.45, 7) is 8.16. The van der Waals surface area contributed by atoms with Gasteiger partial charge in [-0.25, -0.2) is 9.78 Å². The molecule has 2 heterocycles. The van der Waals surface area contributed by atoms with Crippen LogP contribution in [0, 0.1) is 6.92 Å². The van der Waals surface area contributed by atoms with Crippen molar-refractivity contribution in [2.24, 2.45) is 0 Å². The predicted molar refractivity (Wildman–Crippen MR) is 70.4 cm³/mol. The summed E-state index contributed by atoms with van der Waals surface area (Å²) in [7, 11) is 0. The van der Waals surface area contributed by atoms with Crippen LogP contribution in [0.4, 0.5) is 4.79 Å². The van der Waals surface area contributed by atoms with Crippen molar-refractivity contribution in [3.05, 3.63) is 27.4 Å². The van der Waals surface area contributed by atoms with Gasteiger partial charge in [-0.1, -0.05) is 0 Å². The number of amides is 1. The van der Waals surface area contributed by atoms with E-state index in [0.717, 1.165) is 5.69 Å². The Hall–Kier alpha value is -1.85. The van der Waals surface area contributed by atoms with E-state index < -0.39 is 6.09 Å². The lowest BCUT2D eigenvalue weighted by Crippen LogP contribution is -2.44. The van der Waals surface area contributed by atoms with Gasteiger partial charge < -0.3 is 10.0 Å². The lowest BCUT2D eigenvalue weighted by Gasteiger charge is -2.30. The van der Waals surface area contributed by atoms with Gasteiger partial charge in [0, 0.05) is 18.5 Å². The molecule has 1 aromatic rings. The molecule has 0 fully saturated rings. The molecule has 2 rings (SSSR count). The second-order valence-electron chi connectivity index (χ2n) is 5.85. The molecule has 0 saturated carbocycles. The average molecular weight is 265 g/mol. The van der Waals surface area contributed by atoms with Gasteiger partial charge in [0.25, 0.3) is 5.56 Å². The van der Waals surface area contributed by atoms with Crippen LogP contribution in [0.3, 0.4) is 0 Å². The molecular formula is C13H19N3O3. The lowest BCUT2D eigenvalue weighted by atomic mass is 10.0. The van der Waals surface area contributed by atoms with E-state index in [9.17, 15) is 9.59 Å². The zero-order chi connectivity index (χ0) is 14.4. The maximum absolute atomic E-state index is 12.6. The van der Waals surface area contributed by atoms with Crippen molar-refractivity contribution in [3.63, 3.8) is 0 Å². The summed E-state index contributed by atoms with van der Waals surface area (Å²) in [6, 6.07) is 0. The molecule has 0 bridgehead atoms. The van der Waals surface area contributed by atoms with Gasteiger partial charge in [0.15, 0.2) is 0 Å². The van der Waals surface area contributed by atoms with Gasteiger partial charge in [0.2, 0.25) is 0 Å². The van der Waals surface area contributed by atoms with Crippen LogP contribution < -0.4 is 5.56 Å². The van der Waals surface area contributed by atoms with E-state index in [1.165, 1.54) is 4.90 Å². The second-order valence-corrected chi connectivity index (χ2v) is 5.85. The van der Waals surface area contributed by atoms with E-state index >= 15 is 0 Å². The SMILES string of the molecule is Cc1nc2c(c(=O)n1C(C)(C)C)CN(C(=O)O)CC2. The maximum Gasteiger partial charge on any atom is 0.407 e. The number of carboxylic acid groups (broad SMARTS) is 1. The normalized spacial score (nSPS) is 15.3. The number of aryl methyl sites for hydroxylation is 1. The molecule has 1 aliphatic heterocycles. The fourth-order valence-corrected chi connectivity index (χ4v) is 2.55. The first-order valence-corrected chi connectivity index (χ1v) is 6.31. The van der Waals surface area contributed by atoms with Gasteiger partial charge in [-0.3, -0.25) is 9.36 Å². The Kier molecular flexibility index (Phi) is 3.12. The van der Waals surface area contributed by atoms with E-state index in [-0.39, 0.29) is 17.6 Å². The van der Waals surface area contributed by atoms with Crippen LogP contribution in [-0.4, -0.2) is 32.2 Å². The first-order valence-electron chi connectivity index (χ1n) is 6.31. The Balaban J connectivity index is 2.58. The standard InChI is InChI=1S/C13H19N3O3/c1-8-14-10-5-6-15(12(18)19)7-9(10)11(17)16(8)13(2,3)4/h5-7H2,1-4H3,(H,18,19). The van der Waals surface area contributed by atoms with Crippen molar-refractivity contribution in [2.45, 2.75) is 46.2 Å². The zero-order valence-electron chi connectivity index (χ0n) is 11.7. The van der Waals surface area contributed by atoms with Crippen LogP contribution in [0.25, 0.3) is 0 Å². The topological polar surface area (TPSA) is 75.4 Å². The highest BCUT2D eigenvalue weighted by atomic mass is 16.4. The van der Waals surface area contributed by atoms with Crippen LogP contribution in [0.2, 0.25) is 0 Å². The van der Waals surface area contributed by atoms with Gasteiger partial charge in [0.1, 0.15) is 5.82 Å². The number of hydrogen-bond donors (Lipinski definition) is 1. The highest BCUT2D eigenvalue weighted by Crippen LogP contribution is 2.18. The van der Waals surface area contributed by atoms with E-state index in [4.69, 9.17) is 5.11 Å². The van der Waals surface area contributed by atoms with E-state index in [1.54, 1.807) is 4.57 Å². The highest BCUT2D eigenvalue weighted by molar-refractivity contribution is 5.65. The van der Waals surface area contributed by atoms with Gasteiger partial charge in [-0.05, 0) is 27.7 Å². The fraction of sp³-hybridized carbons (Fsp3) is 0.615. The minimum absolute atomic E-state index is 0.124. The summed E-state index contributed by atoms with van der Waals surface area (Å²) in [4.78, 5) is 29.3. The molecule has 104 valence electrons. The molecule has 1 aliphatic rings. The number of nitrogens with zero attached hydrogens (tertiary/aromatic N) is 3. The Morgan fingerprint density at radius 1 is 1.37 bits per heavy atom. The summed E-state index contributed by atoms with van der Waals surface area (Å²) in [5, 5.41) is 9.04. The number of hydrogen-bond acceptors (Lipinski definition) is 3. The Morgan fingerprint density at radius 3 is 2.53 bits per heavy atom. The second kappa shape index (κ2) is 4.36. The smallest absolute Gasteiger partial charge is 0.407 e. The van der Waals surface area contributed by atoms with Crippen molar-refractivity contribution in [1.29, 1.82) is 0 Å². The molecule has 1 N–H and O–H groups in total. The van der Waals surface area contributed by atoms with Gasteiger partial charge in [-0.2, -0.15) is 0 Å². The molecule has 6 nitrogen and oxygen atoms in total. The Morgan fingerprint density at radius 2 is 2.00 bits per heavy atom. The fourth-order valence-electron chi connectivity index (χ4n) is 2.55. The summed E-state index contributed by atoms with van der Waals surface area (Å²) >= 11 is 0. The molecular weight excluding hydrogens is 246 g/mol. The monoisotopic (exact) mass is 265 g/mol. The van der Waals surface area contributed by atoms with Crippen LogP contribution >= 0.6 is 0 Å². The highest BCUT2D eigenvalue weighted by Gasteiger charge is 2.27. The molecule has 19 heavy (non-hydrogen) atoms. The van der Waals surface area contributed by atoms with Crippen molar-refractivity contribution >= 4 is 6.09 Å².